The first-order valence-electron chi connectivity index (χ1n) is 8.21. The summed E-state index contributed by atoms with van der Waals surface area (Å²) in [5.74, 6) is 1.22. The number of aliphatic hydroxyl groups excluding tert-OH is 1. The molecule has 2 rings (SSSR count). The van der Waals surface area contributed by atoms with E-state index in [1.54, 1.807) is 0 Å². The molecule has 1 unspecified atom stereocenters. The molecule has 1 saturated heterocycles. The van der Waals surface area contributed by atoms with Gasteiger partial charge in [-0.25, -0.2) is 0 Å². The molecule has 1 amide bonds. The molecular weight excluding hydrogens is 238 g/mol. The maximum Gasteiger partial charge on any atom is 0.225 e. The lowest BCUT2D eigenvalue weighted by molar-refractivity contribution is -0.138. The molecule has 2 aliphatic rings. The molecule has 3 nitrogen and oxygen atoms in total. The van der Waals surface area contributed by atoms with E-state index in [9.17, 15) is 4.79 Å². The maximum absolute atomic E-state index is 12.6. The third-order valence-corrected chi connectivity index (χ3v) is 4.82. The van der Waals surface area contributed by atoms with E-state index in [-0.39, 0.29) is 12.5 Å². The van der Waals surface area contributed by atoms with Crippen LogP contribution in [0.2, 0.25) is 0 Å². The van der Waals surface area contributed by atoms with Crippen molar-refractivity contribution in [3.63, 3.8) is 0 Å². The second-order valence-corrected chi connectivity index (χ2v) is 6.35. The average molecular weight is 267 g/mol. The molecule has 0 bridgehead atoms. The quantitative estimate of drug-likeness (QED) is 0.854. The van der Waals surface area contributed by atoms with E-state index < -0.39 is 0 Å². The number of hydrogen-bond acceptors (Lipinski definition) is 2. The predicted molar refractivity (Wildman–Crippen MR) is 76.8 cm³/mol. The summed E-state index contributed by atoms with van der Waals surface area (Å²) in [4.78, 5) is 14.7. The number of amides is 1. The number of piperidine rings is 1. The second-order valence-electron chi connectivity index (χ2n) is 6.35. The van der Waals surface area contributed by atoms with Gasteiger partial charge in [0.1, 0.15) is 0 Å². The first-order valence-corrected chi connectivity index (χ1v) is 8.21. The Bertz CT molecular complexity index is 270. The van der Waals surface area contributed by atoms with E-state index >= 15 is 0 Å². The third-order valence-electron chi connectivity index (χ3n) is 4.82. The molecule has 0 radical (unpaired) electrons. The third kappa shape index (κ3) is 4.48. The van der Waals surface area contributed by atoms with Gasteiger partial charge in [0.2, 0.25) is 5.91 Å². The standard InChI is InChI=1S/C16H29NO2/c18-12-10-14-7-6-11-17(13-14)16(19)15-8-4-2-1-3-5-9-15/h14-15,18H,1-13H2. The van der Waals surface area contributed by atoms with Crippen molar-refractivity contribution < 1.29 is 9.90 Å². The Labute approximate surface area is 117 Å². The fourth-order valence-electron chi connectivity index (χ4n) is 3.64. The molecule has 0 spiro atoms. The van der Waals surface area contributed by atoms with Gasteiger partial charge in [-0.3, -0.25) is 4.79 Å². The van der Waals surface area contributed by atoms with Gasteiger partial charge in [0.25, 0.3) is 0 Å². The van der Waals surface area contributed by atoms with E-state index in [1.165, 1.54) is 38.5 Å². The second kappa shape index (κ2) is 7.88. The minimum atomic E-state index is 0.260. The Morgan fingerprint density at radius 2 is 1.68 bits per heavy atom. The largest absolute Gasteiger partial charge is 0.396 e. The van der Waals surface area contributed by atoms with Crippen molar-refractivity contribution in [1.29, 1.82) is 0 Å². The zero-order valence-electron chi connectivity index (χ0n) is 12.1. The molecule has 0 aromatic carbocycles. The van der Waals surface area contributed by atoms with E-state index in [0.717, 1.165) is 38.8 Å². The van der Waals surface area contributed by atoms with E-state index in [0.29, 0.717) is 11.8 Å². The number of carbonyl (C=O) groups excluding carboxylic acids is 1. The molecule has 1 heterocycles. The number of carbonyl (C=O) groups is 1. The summed E-state index contributed by atoms with van der Waals surface area (Å²) >= 11 is 0. The molecule has 0 aromatic heterocycles. The van der Waals surface area contributed by atoms with Gasteiger partial charge in [-0.2, -0.15) is 0 Å². The minimum Gasteiger partial charge on any atom is -0.396 e. The van der Waals surface area contributed by atoms with Gasteiger partial charge in [-0.1, -0.05) is 32.1 Å². The summed E-state index contributed by atoms with van der Waals surface area (Å²) in [5, 5.41) is 9.06. The highest BCUT2D eigenvalue weighted by Crippen LogP contribution is 2.27. The van der Waals surface area contributed by atoms with Crippen LogP contribution in [0, 0.1) is 11.8 Å². The van der Waals surface area contributed by atoms with E-state index in [2.05, 4.69) is 4.90 Å². The highest BCUT2D eigenvalue weighted by molar-refractivity contribution is 5.78. The molecule has 1 N–H and O–H groups in total. The first-order chi connectivity index (χ1) is 9.31. The van der Waals surface area contributed by atoms with Crippen molar-refractivity contribution in [1.82, 2.24) is 4.90 Å². The zero-order chi connectivity index (χ0) is 13.5. The van der Waals surface area contributed by atoms with Gasteiger partial charge in [-0.15, -0.1) is 0 Å². The number of nitrogens with zero attached hydrogens (tertiary/aromatic N) is 1. The summed E-state index contributed by atoms with van der Waals surface area (Å²) in [5.41, 5.74) is 0. The Balaban J connectivity index is 1.86. The molecule has 110 valence electrons. The van der Waals surface area contributed by atoms with Gasteiger partial charge in [0.15, 0.2) is 0 Å². The van der Waals surface area contributed by atoms with Gasteiger partial charge in [0, 0.05) is 25.6 Å². The highest BCUT2D eigenvalue weighted by atomic mass is 16.3. The van der Waals surface area contributed by atoms with E-state index in [1.807, 2.05) is 0 Å². The molecule has 1 saturated carbocycles. The lowest BCUT2D eigenvalue weighted by atomic mass is 9.88. The molecule has 1 aliphatic heterocycles. The van der Waals surface area contributed by atoms with Crippen LogP contribution in [0.15, 0.2) is 0 Å². The van der Waals surface area contributed by atoms with Crippen molar-refractivity contribution in [3.8, 4) is 0 Å². The SMILES string of the molecule is O=C(C1CCCCCCC1)N1CCCC(CCO)C1. The fraction of sp³-hybridized carbons (Fsp3) is 0.938. The molecule has 1 aliphatic carbocycles. The number of hydrogen-bond donors (Lipinski definition) is 1. The summed E-state index contributed by atoms with van der Waals surface area (Å²) in [6, 6.07) is 0. The van der Waals surface area contributed by atoms with Crippen molar-refractivity contribution in [2.24, 2.45) is 11.8 Å². The number of rotatable bonds is 3. The summed E-state index contributed by atoms with van der Waals surface area (Å²) in [7, 11) is 0. The smallest absolute Gasteiger partial charge is 0.225 e. The van der Waals surface area contributed by atoms with Gasteiger partial charge in [-0.05, 0) is 38.0 Å². The van der Waals surface area contributed by atoms with Crippen LogP contribution in [-0.4, -0.2) is 35.6 Å². The van der Waals surface area contributed by atoms with Crippen molar-refractivity contribution in [3.05, 3.63) is 0 Å². The Hall–Kier alpha value is -0.570. The van der Waals surface area contributed by atoms with Crippen LogP contribution in [0.5, 0.6) is 0 Å². The number of likely N-dealkylation sites (tertiary alicyclic amines) is 1. The lowest BCUT2D eigenvalue weighted by Gasteiger charge is -2.35. The fourth-order valence-corrected chi connectivity index (χ4v) is 3.64. The van der Waals surface area contributed by atoms with Crippen molar-refractivity contribution >= 4 is 5.91 Å². The molecule has 1 atom stereocenters. The van der Waals surface area contributed by atoms with Gasteiger partial charge < -0.3 is 10.0 Å². The molecule has 19 heavy (non-hydrogen) atoms. The summed E-state index contributed by atoms with van der Waals surface area (Å²) in [6.07, 6.45) is 11.7. The van der Waals surface area contributed by atoms with Crippen molar-refractivity contribution in [2.45, 2.75) is 64.2 Å². The Morgan fingerprint density at radius 3 is 2.37 bits per heavy atom. The normalized spacial score (nSPS) is 26.8. The van der Waals surface area contributed by atoms with Crippen LogP contribution in [0.3, 0.4) is 0 Å². The molecule has 0 aromatic rings. The summed E-state index contributed by atoms with van der Waals surface area (Å²) < 4.78 is 0. The van der Waals surface area contributed by atoms with Gasteiger partial charge in [0.05, 0.1) is 0 Å². The van der Waals surface area contributed by atoms with Crippen LogP contribution >= 0.6 is 0 Å². The molecule has 3 heteroatoms. The van der Waals surface area contributed by atoms with Crippen molar-refractivity contribution in [2.75, 3.05) is 19.7 Å². The zero-order valence-corrected chi connectivity index (χ0v) is 12.1. The average Bonchev–Trinajstić information content (AvgIpc) is 2.38. The first kappa shape index (κ1) is 14.8. The Kier molecular flexibility index (Phi) is 6.15. The van der Waals surface area contributed by atoms with Crippen LogP contribution in [-0.2, 0) is 4.79 Å². The number of aliphatic hydroxyl groups is 1. The highest BCUT2D eigenvalue weighted by Gasteiger charge is 2.28. The van der Waals surface area contributed by atoms with E-state index in [4.69, 9.17) is 5.11 Å². The van der Waals surface area contributed by atoms with Gasteiger partial charge >= 0.3 is 0 Å². The lowest BCUT2D eigenvalue weighted by Crippen LogP contribution is -2.43. The van der Waals surface area contributed by atoms with Crippen LogP contribution < -0.4 is 0 Å². The molecular formula is C16H29NO2. The summed E-state index contributed by atoms with van der Waals surface area (Å²) in [6.45, 7) is 2.09. The predicted octanol–water partition coefficient (Wildman–Crippen LogP) is 2.97. The van der Waals surface area contributed by atoms with Crippen LogP contribution in [0.1, 0.15) is 64.2 Å². The topological polar surface area (TPSA) is 40.5 Å². The minimum absolute atomic E-state index is 0.260. The van der Waals surface area contributed by atoms with Crippen LogP contribution in [0.25, 0.3) is 0 Å². The maximum atomic E-state index is 12.6. The monoisotopic (exact) mass is 267 g/mol. The Morgan fingerprint density at radius 1 is 1.00 bits per heavy atom. The molecule has 2 fully saturated rings. The van der Waals surface area contributed by atoms with Crippen LogP contribution in [0.4, 0.5) is 0 Å².